The van der Waals surface area contributed by atoms with Gasteiger partial charge < -0.3 is 19.9 Å². The first-order valence-electron chi connectivity index (χ1n) is 9.45. The Hall–Kier alpha value is -2.51. The number of guanidine groups is 1. The zero-order valence-corrected chi connectivity index (χ0v) is 16.9. The number of aliphatic imine (C=N–C) groups is 1. The predicted octanol–water partition coefficient (Wildman–Crippen LogP) is 2.75. The summed E-state index contributed by atoms with van der Waals surface area (Å²) in [6.07, 6.45) is 6.82. The lowest BCUT2D eigenvalue weighted by Gasteiger charge is -2.34. The van der Waals surface area contributed by atoms with Crippen LogP contribution in [0.5, 0.6) is 0 Å². The van der Waals surface area contributed by atoms with Crippen LogP contribution in [0.15, 0.2) is 41.8 Å². The predicted molar refractivity (Wildman–Crippen MR) is 112 cm³/mol. The summed E-state index contributed by atoms with van der Waals surface area (Å²) in [7, 11) is 3.74. The van der Waals surface area contributed by atoms with Crippen molar-refractivity contribution in [3.8, 4) is 0 Å². The molecule has 0 bridgehead atoms. The molecular weight excluding hydrogens is 376 g/mol. The Balaban J connectivity index is 1.37. The molecule has 1 fully saturated rings. The first kappa shape index (κ1) is 18.8. The van der Waals surface area contributed by atoms with Crippen molar-refractivity contribution < 1.29 is 4.74 Å². The molecule has 28 heavy (non-hydrogen) atoms. The lowest BCUT2D eigenvalue weighted by atomic mass is 10.1. The summed E-state index contributed by atoms with van der Waals surface area (Å²) in [5.41, 5.74) is 3.45. The molecule has 0 spiro atoms. The summed E-state index contributed by atoms with van der Waals surface area (Å²) >= 11 is 6.15. The highest BCUT2D eigenvalue weighted by Gasteiger charge is 2.25. The molecule has 1 atom stereocenters. The molecule has 1 aliphatic rings. The summed E-state index contributed by atoms with van der Waals surface area (Å²) in [5, 5.41) is 9.67. The minimum atomic E-state index is 0.0109. The van der Waals surface area contributed by atoms with Crippen molar-refractivity contribution in [1.82, 2.24) is 25.0 Å². The van der Waals surface area contributed by atoms with E-state index in [-0.39, 0.29) is 6.10 Å². The number of H-pyrrole nitrogens is 1. The van der Waals surface area contributed by atoms with Crippen LogP contribution >= 0.6 is 11.6 Å². The molecule has 0 amide bonds. The van der Waals surface area contributed by atoms with Crippen LogP contribution in [-0.2, 0) is 18.2 Å². The van der Waals surface area contributed by atoms with Crippen LogP contribution in [0.1, 0.15) is 17.2 Å². The number of fused-ring (bicyclic) bond motifs is 1. The van der Waals surface area contributed by atoms with Crippen molar-refractivity contribution >= 4 is 28.5 Å². The third-order valence-electron chi connectivity index (χ3n) is 5.08. The van der Waals surface area contributed by atoms with Gasteiger partial charge in [-0.15, -0.1) is 0 Å². The van der Waals surface area contributed by atoms with E-state index in [1.54, 1.807) is 4.68 Å². The van der Waals surface area contributed by atoms with Crippen LogP contribution in [0.25, 0.3) is 10.9 Å². The maximum absolute atomic E-state index is 6.15. The number of ether oxygens (including phenoxy) is 1. The van der Waals surface area contributed by atoms with Crippen molar-refractivity contribution in [3.63, 3.8) is 0 Å². The molecule has 4 rings (SSSR count). The normalized spacial score (nSPS) is 18.0. The molecule has 0 radical (unpaired) electrons. The van der Waals surface area contributed by atoms with E-state index in [1.807, 2.05) is 44.7 Å². The van der Waals surface area contributed by atoms with Gasteiger partial charge in [-0.3, -0.25) is 9.67 Å². The first-order valence-corrected chi connectivity index (χ1v) is 9.83. The molecule has 1 saturated heterocycles. The molecule has 2 aromatic heterocycles. The quantitative estimate of drug-likeness (QED) is 0.522. The average molecular weight is 401 g/mol. The fourth-order valence-electron chi connectivity index (χ4n) is 3.65. The number of hydrogen-bond acceptors (Lipinski definition) is 3. The summed E-state index contributed by atoms with van der Waals surface area (Å²) in [6.45, 7) is 3.04. The Morgan fingerprint density at radius 2 is 2.36 bits per heavy atom. The number of aromatic amines is 1. The minimum absolute atomic E-state index is 0.0109. The lowest BCUT2D eigenvalue weighted by Crippen LogP contribution is -2.48. The Morgan fingerprint density at radius 3 is 3.14 bits per heavy atom. The number of hydrogen-bond donors (Lipinski definition) is 2. The van der Waals surface area contributed by atoms with E-state index in [9.17, 15) is 0 Å². The van der Waals surface area contributed by atoms with Gasteiger partial charge in [-0.2, -0.15) is 5.10 Å². The molecule has 0 aliphatic carbocycles. The second-order valence-electron chi connectivity index (χ2n) is 6.98. The fraction of sp³-hybridized carbons (Fsp3) is 0.400. The highest BCUT2D eigenvalue weighted by Crippen LogP contribution is 2.23. The van der Waals surface area contributed by atoms with E-state index in [0.717, 1.165) is 48.1 Å². The number of benzene rings is 1. The molecule has 1 aliphatic heterocycles. The maximum Gasteiger partial charge on any atom is 0.193 e. The fourth-order valence-corrected chi connectivity index (χ4v) is 3.82. The highest BCUT2D eigenvalue weighted by atomic mass is 35.5. The second kappa shape index (κ2) is 8.24. The molecule has 8 heteroatoms. The van der Waals surface area contributed by atoms with E-state index < -0.39 is 0 Å². The van der Waals surface area contributed by atoms with Gasteiger partial charge in [-0.05, 0) is 30.2 Å². The monoisotopic (exact) mass is 400 g/mol. The highest BCUT2D eigenvalue weighted by molar-refractivity contribution is 6.31. The summed E-state index contributed by atoms with van der Waals surface area (Å²) in [5.74, 6) is 0.898. The number of nitrogens with zero attached hydrogens (tertiary/aromatic N) is 4. The zero-order chi connectivity index (χ0) is 19.5. The van der Waals surface area contributed by atoms with Gasteiger partial charge in [0.2, 0.25) is 0 Å². The van der Waals surface area contributed by atoms with Crippen LogP contribution in [0.2, 0.25) is 5.02 Å². The smallest absolute Gasteiger partial charge is 0.193 e. The minimum Gasteiger partial charge on any atom is -0.370 e. The van der Waals surface area contributed by atoms with Crippen LogP contribution in [0.4, 0.5) is 0 Å². The topological polar surface area (TPSA) is 70.5 Å². The van der Waals surface area contributed by atoms with Crippen LogP contribution < -0.4 is 5.32 Å². The van der Waals surface area contributed by atoms with Crippen molar-refractivity contribution in [2.75, 3.05) is 33.3 Å². The Kier molecular flexibility index (Phi) is 5.54. The lowest BCUT2D eigenvalue weighted by molar-refractivity contribution is -0.00800. The molecule has 148 valence electrons. The van der Waals surface area contributed by atoms with Gasteiger partial charge in [0.05, 0.1) is 19.3 Å². The standard InChI is InChI=1S/C20H25ClN6O/c1-22-20(27-7-8-28-19(13-27)15-11-25-26(2)12-15)23-6-5-14-10-24-18-4-3-16(21)9-17(14)18/h3-4,9-12,19,24H,5-8,13H2,1-2H3,(H,22,23). The largest absolute Gasteiger partial charge is 0.370 e. The number of aromatic nitrogens is 3. The van der Waals surface area contributed by atoms with Crippen molar-refractivity contribution in [2.24, 2.45) is 12.0 Å². The first-order chi connectivity index (χ1) is 13.6. The van der Waals surface area contributed by atoms with E-state index in [4.69, 9.17) is 16.3 Å². The molecule has 3 heterocycles. The van der Waals surface area contributed by atoms with Crippen LogP contribution in [0.3, 0.4) is 0 Å². The summed E-state index contributed by atoms with van der Waals surface area (Å²) < 4.78 is 7.73. The molecule has 2 N–H and O–H groups in total. The van der Waals surface area contributed by atoms with E-state index in [1.165, 1.54) is 10.9 Å². The van der Waals surface area contributed by atoms with E-state index >= 15 is 0 Å². The van der Waals surface area contributed by atoms with E-state index in [0.29, 0.717) is 6.61 Å². The molecular formula is C20H25ClN6O. The molecule has 7 nitrogen and oxygen atoms in total. The number of aryl methyl sites for hydroxylation is 1. The summed E-state index contributed by atoms with van der Waals surface area (Å²) in [4.78, 5) is 10.0. The van der Waals surface area contributed by atoms with Crippen molar-refractivity contribution in [1.29, 1.82) is 0 Å². The summed E-state index contributed by atoms with van der Waals surface area (Å²) in [6, 6.07) is 5.93. The van der Waals surface area contributed by atoms with Gasteiger partial charge in [0.15, 0.2) is 5.96 Å². The molecule has 1 unspecified atom stereocenters. The maximum atomic E-state index is 6.15. The van der Waals surface area contributed by atoms with Gasteiger partial charge in [-0.25, -0.2) is 0 Å². The van der Waals surface area contributed by atoms with Gasteiger partial charge in [0.25, 0.3) is 0 Å². The third-order valence-corrected chi connectivity index (χ3v) is 5.32. The zero-order valence-electron chi connectivity index (χ0n) is 16.2. The van der Waals surface area contributed by atoms with Crippen LogP contribution in [0, 0.1) is 0 Å². The van der Waals surface area contributed by atoms with Gasteiger partial charge in [-0.1, -0.05) is 11.6 Å². The van der Waals surface area contributed by atoms with Gasteiger partial charge >= 0.3 is 0 Å². The number of nitrogens with one attached hydrogen (secondary N) is 2. The second-order valence-corrected chi connectivity index (χ2v) is 7.42. The molecule has 1 aromatic carbocycles. The number of halogens is 1. The van der Waals surface area contributed by atoms with E-state index in [2.05, 4.69) is 31.5 Å². The Bertz CT molecular complexity index is 978. The SMILES string of the molecule is CN=C(NCCc1c[nH]c2ccc(Cl)cc12)N1CCOC(c2cnn(C)c2)C1. The third kappa shape index (κ3) is 4.00. The Morgan fingerprint density at radius 1 is 1.46 bits per heavy atom. The Labute approximate surface area is 169 Å². The number of rotatable bonds is 4. The molecule has 3 aromatic rings. The van der Waals surface area contributed by atoms with Crippen LogP contribution in [-0.4, -0.2) is 58.9 Å². The van der Waals surface area contributed by atoms with Gasteiger partial charge in [0, 0.05) is 61.1 Å². The van der Waals surface area contributed by atoms with Crippen molar-refractivity contribution in [2.45, 2.75) is 12.5 Å². The van der Waals surface area contributed by atoms with Gasteiger partial charge in [0.1, 0.15) is 6.10 Å². The van der Waals surface area contributed by atoms with Crippen molar-refractivity contribution in [3.05, 3.63) is 52.9 Å². The number of morpholine rings is 1. The average Bonchev–Trinajstić information content (AvgIpc) is 3.31. The molecule has 0 saturated carbocycles.